The summed E-state index contributed by atoms with van der Waals surface area (Å²) in [4.78, 5) is 0. The zero-order valence-electron chi connectivity index (χ0n) is 34.3. The first kappa shape index (κ1) is 35.6. The second-order valence-electron chi connectivity index (χ2n) is 16.7. The standard InChI is InChI=1S/C60H34N2S2/c1-5-25-53-45(17-1)46-18-2-6-26-54(46)61(53)41-29-31-57-51(35-41)49-23-11-21-43(59(49)63-57)39-15-9-13-37(33-39)38-14-10-16-40(34-38)44-22-12-24-50-52-36-42(30-32-58(52)64-60(44)50)62-55-27-7-3-19-47(55)48-20-4-8-28-56(48)62/h1-3,5-19,21-36H. The summed E-state index contributed by atoms with van der Waals surface area (Å²) in [6.07, 6.45) is 0. The van der Waals surface area contributed by atoms with Crippen molar-refractivity contribution in [1.82, 2.24) is 9.13 Å². The number of para-hydroxylation sites is 3. The minimum atomic E-state index is 1.10. The zero-order chi connectivity index (χ0) is 41.9. The van der Waals surface area contributed by atoms with Gasteiger partial charge in [0, 0.05) is 67.9 Å². The SMILES string of the molecule is c1ccc2c(c#1)c1ccccc1n2-c1ccc2sc3c(-c4cccc(-c5cccc(-c6cccc7c6sc6ccc(-n8c9ccccc9c9ccccc98)cc67)c5)c4)cccc3c2c1. The summed E-state index contributed by atoms with van der Waals surface area (Å²) in [5.41, 5.74) is 14.5. The van der Waals surface area contributed by atoms with E-state index in [-0.39, 0.29) is 0 Å². The predicted molar refractivity (Wildman–Crippen MR) is 275 cm³/mol. The molecule has 0 aliphatic carbocycles. The van der Waals surface area contributed by atoms with E-state index in [9.17, 15) is 0 Å². The average molecular weight is 847 g/mol. The van der Waals surface area contributed by atoms with Gasteiger partial charge in [0.1, 0.15) is 0 Å². The zero-order valence-corrected chi connectivity index (χ0v) is 36.0. The maximum atomic E-state index is 3.38. The number of hydrogen-bond donors (Lipinski definition) is 0. The normalized spacial score (nSPS) is 11.9. The molecule has 0 amide bonds. The van der Waals surface area contributed by atoms with Crippen LogP contribution in [0.4, 0.5) is 0 Å². The number of rotatable bonds is 5. The summed E-state index contributed by atoms with van der Waals surface area (Å²) in [5.74, 6) is 0. The fraction of sp³-hybridized carbons (Fsp3) is 0. The van der Waals surface area contributed by atoms with Crippen molar-refractivity contribution in [2.24, 2.45) is 0 Å². The van der Waals surface area contributed by atoms with Crippen molar-refractivity contribution in [1.29, 1.82) is 0 Å². The highest BCUT2D eigenvalue weighted by atomic mass is 32.1. The molecule has 0 unspecified atom stereocenters. The molecule has 0 aliphatic rings. The fourth-order valence-electron chi connectivity index (χ4n) is 10.3. The van der Waals surface area contributed by atoms with E-state index in [1.54, 1.807) is 0 Å². The van der Waals surface area contributed by atoms with Crippen LogP contribution >= 0.6 is 22.7 Å². The molecule has 0 N–H and O–H groups in total. The lowest BCUT2D eigenvalue weighted by atomic mass is 9.95. The van der Waals surface area contributed by atoms with Crippen molar-refractivity contribution in [3.8, 4) is 44.8 Å². The third-order valence-electron chi connectivity index (χ3n) is 13.2. The molecule has 14 aromatic rings. The van der Waals surface area contributed by atoms with E-state index < -0.39 is 0 Å². The van der Waals surface area contributed by atoms with E-state index >= 15 is 0 Å². The topological polar surface area (TPSA) is 9.86 Å². The highest BCUT2D eigenvalue weighted by Gasteiger charge is 2.18. The minimum Gasteiger partial charge on any atom is -0.309 e. The summed E-state index contributed by atoms with van der Waals surface area (Å²) in [7, 11) is 0. The van der Waals surface area contributed by atoms with Crippen molar-refractivity contribution in [3.63, 3.8) is 0 Å². The number of nitrogens with zero attached hydrogens (tertiary/aromatic N) is 2. The van der Waals surface area contributed by atoms with Crippen molar-refractivity contribution in [3.05, 3.63) is 218 Å². The largest absolute Gasteiger partial charge is 0.309 e. The van der Waals surface area contributed by atoms with Gasteiger partial charge in [-0.2, -0.15) is 0 Å². The van der Waals surface area contributed by atoms with Crippen LogP contribution in [0.5, 0.6) is 0 Å². The van der Waals surface area contributed by atoms with Crippen molar-refractivity contribution in [2.45, 2.75) is 0 Å². The Balaban J connectivity index is 0.842. The molecule has 0 fully saturated rings. The van der Waals surface area contributed by atoms with E-state index in [1.807, 2.05) is 28.7 Å². The van der Waals surface area contributed by atoms with Crippen LogP contribution in [0.15, 0.2) is 206 Å². The van der Waals surface area contributed by atoms with E-state index in [1.165, 1.54) is 112 Å². The molecule has 0 aliphatic heterocycles. The van der Waals surface area contributed by atoms with Gasteiger partial charge < -0.3 is 9.13 Å². The lowest BCUT2D eigenvalue weighted by molar-refractivity contribution is 1.19. The maximum absolute atomic E-state index is 3.38. The summed E-state index contributed by atoms with van der Waals surface area (Å²) >= 11 is 3.77. The van der Waals surface area contributed by atoms with Crippen LogP contribution in [0.2, 0.25) is 0 Å². The van der Waals surface area contributed by atoms with Gasteiger partial charge >= 0.3 is 0 Å². The third kappa shape index (κ3) is 5.26. The number of hydrogen-bond acceptors (Lipinski definition) is 2. The molecule has 0 bridgehead atoms. The second kappa shape index (κ2) is 13.8. The molecular weight excluding hydrogens is 813 g/mol. The fourth-order valence-corrected chi connectivity index (χ4v) is 12.7. The molecule has 0 saturated carbocycles. The molecule has 0 saturated heterocycles. The van der Waals surface area contributed by atoms with Crippen molar-refractivity contribution < 1.29 is 0 Å². The Labute approximate surface area is 376 Å². The monoisotopic (exact) mass is 846 g/mol. The van der Waals surface area contributed by atoms with Crippen LogP contribution in [0.3, 0.4) is 0 Å². The van der Waals surface area contributed by atoms with E-state index in [0.717, 1.165) is 16.6 Å². The molecule has 64 heavy (non-hydrogen) atoms. The molecule has 2 nitrogen and oxygen atoms in total. The Kier molecular flexibility index (Phi) is 7.67. The predicted octanol–water partition coefficient (Wildman–Crippen LogP) is 17.2. The Morgan fingerprint density at radius 1 is 0.328 bits per heavy atom. The maximum Gasteiger partial charge on any atom is 0.0631 e. The quantitative estimate of drug-likeness (QED) is 0.163. The number of fused-ring (bicyclic) bond motifs is 12. The Bertz CT molecular complexity index is 3830. The van der Waals surface area contributed by atoms with Gasteiger partial charge in [-0.05, 0) is 112 Å². The average Bonchev–Trinajstić information content (AvgIpc) is 4.11. The summed E-state index contributed by atoms with van der Waals surface area (Å²) in [6, 6.07) is 82.4. The Hall–Kier alpha value is -7.94. The van der Waals surface area contributed by atoms with Crippen LogP contribution in [-0.2, 0) is 0 Å². The molecule has 0 spiro atoms. The molecular formula is C60H34N2S2. The molecule has 296 valence electrons. The first-order valence-electron chi connectivity index (χ1n) is 21.7. The summed E-state index contributed by atoms with van der Waals surface area (Å²) in [5, 5.41) is 10.0. The van der Waals surface area contributed by atoms with Crippen LogP contribution in [0.25, 0.3) is 129 Å². The van der Waals surface area contributed by atoms with Gasteiger partial charge in [-0.15, -0.1) is 22.7 Å². The molecule has 0 atom stereocenters. The van der Waals surface area contributed by atoms with Gasteiger partial charge in [-0.1, -0.05) is 140 Å². The molecule has 10 aromatic carbocycles. The first-order valence-corrected chi connectivity index (χ1v) is 23.3. The number of benzene rings is 9. The van der Waals surface area contributed by atoms with Gasteiger partial charge in [0.05, 0.1) is 27.5 Å². The highest BCUT2D eigenvalue weighted by Crippen LogP contribution is 2.45. The van der Waals surface area contributed by atoms with Crippen molar-refractivity contribution >= 4 is 107 Å². The lowest BCUT2D eigenvalue weighted by Gasteiger charge is -2.10. The number of aromatic nitrogens is 2. The van der Waals surface area contributed by atoms with Gasteiger partial charge in [-0.25, -0.2) is 0 Å². The second-order valence-corrected chi connectivity index (χ2v) is 18.8. The highest BCUT2D eigenvalue weighted by molar-refractivity contribution is 7.26. The van der Waals surface area contributed by atoms with Crippen molar-refractivity contribution in [2.75, 3.05) is 0 Å². The van der Waals surface area contributed by atoms with E-state index in [0.29, 0.717) is 0 Å². The third-order valence-corrected chi connectivity index (χ3v) is 15.6. The minimum absolute atomic E-state index is 1.10. The number of thiophene rings is 2. The lowest BCUT2D eigenvalue weighted by Crippen LogP contribution is -1.93. The summed E-state index contributed by atoms with van der Waals surface area (Å²) in [6.45, 7) is 0. The molecule has 14 rings (SSSR count). The molecule has 4 heterocycles. The van der Waals surface area contributed by atoms with Crippen LogP contribution in [-0.4, -0.2) is 9.13 Å². The van der Waals surface area contributed by atoms with Gasteiger partial charge in [0.15, 0.2) is 0 Å². The van der Waals surface area contributed by atoms with Crippen LogP contribution in [0.1, 0.15) is 0 Å². The van der Waals surface area contributed by atoms with Gasteiger partial charge in [0.2, 0.25) is 0 Å². The molecule has 4 aromatic heterocycles. The van der Waals surface area contributed by atoms with Crippen LogP contribution < -0.4 is 0 Å². The Morgan fingerprint density at radius 3 is 1.34 bits per heavy atom. The van der Waals surface area contributed by atoms with E-state index in [2.05, 4.69) is 221 Å². The summed E-state index contributed by atoms with van der Waals surface area (Å²) < 4.78 is 9.99. The molecule has 0 radical (unpaired) electrons. The first-order chi connectivity index (χ1) is 31.7. The van der Waals surface area contributed by atoms with E-state index in [4.69, 9.17) is 0 Å². The molecule has 4 heteroatoms. The van der Waals surface area contributed by atoms with Gasteiger partial charge in [0.25, 0.3) is 0 Å². The Morgan fingerprint density at radius 2 is 0.781 bits per heavy atom. The van der Waals surface area contributed by atoms with Crippen LogP contribution in [0, 0.1) is 12.1 Å². The van der Waals surface area contributed by atoms with Gasteiger partial charge in [-0.3, -0.25) is 0 Å². The smallest absolute Gasteiger partial charge is 0.0631 e.